The zero-order valence-corrected chi connectivity index (χ0v) is 11.7. The largest absolute Gasteiger partial charge is 0.364 e. The summed E-state index contributed by atoms with van der Waals surface area (Å²) in [6, 6.07) is 3.46. The molecule has 3 aliphatic rings. The lowest BCUT2D eigenvalue weighted by molar-refractivity contribution is -0.146. The van der Waals surface area contributed by atoms with E-state index in [2.05, 4.69) is 10.6 Å². The van der Waals surface area contributed by atoms with Gasteiger partial charge in [-0.2, -0.15) is 0 Å². The maximum Gasteiger partial charge on any atom is 0.328 e. The zero-order valence-electron chi connectivity index (χ0n) is 11.7. The quantitative estimate of drug-likeness (QED) is 0.692. The van der Waals surface area contributed by atoms with Gasteiger partial charge in [-0.1, -0.05) is 12.1 Å². The van der Waals surface area contributed by atoms with Crippen molar-refractivity contribution in [2.45, 2.75) is 25.3 Å². The van der Waals surface area contributed by atoms with Crippen molar-refractivity contribution in [3.05, 3.63) is 29.6 Å². The van der Waals surface area contributed by atoms with Gasteiger partial charge in [-0.05, 0) is 30.9 Å². The topological polar surface area (TPSA) is 78.5 Å². The number of anilines is 1. The summed E-state index contributed by atoms with van der Waals surface area (Å²) in [5.41, 5.74) is -0.267. The van der Waals surface area contributed by atoms with Gasteiger partial charge < -0.3 is 4.90 Å². The first kappa shape index (κ1) is 13.2. The molecule has 1 aromatic rings. The van der Waals surface area contributed by atoms with E-state index in [1.54, 1.807) is 12.1 Å². The van der Waals surface area contributed by atoms with Gasteiger partial charge in [0.05, 0.1) is 11.7 Å². The van der Waals surface area contributed by atoms with E-state index in [0.717, 1.165) is 6.42 Å². The minimum Gasteiger partial charge on any atom is -0.364 e. The molecule has 2 N–H and O–H groups in total. The number of rotatable bonds is 0. The van der Waals surface area contributed by atoms with Gasteiger partial charge in [0.25, 0.3) is 0 Å². The van der Waals surface area contributed by atoms with Crippen LogP contribution in [0.4, 0.5) is 14.9 Å². The van der Waals surface area contributed by atoms with E-state index in [1.807, 2.05) is 4.90 Å². The highest BCUT2D eigenvalue weighted by molar-refractivity contribution is 6.20. The monoisotopic (exact) mass is 303 g/mol. The molecule has 0 radical (unpaired) electrons. The highest BCUT2D eigenvalue weighted by atomic mass is 19.1. The molecule has 2 saturated heterocycles. The first-order valence-corrected chi connectivity index (χ1v) is 7.25. The third-order valence-electron chi connectivity index (χ3n) is 4.91. The molecule has 0 bridgehead atoms. The Labute approximate surface area is 125 Å². The second-order valence-electron chi connectivity index (χ2n) is 5.98. The number of nitrogens with one attached hydrogen (secondary N) is 2. The van der Waals surface area contributed by atoms with Crippen LogP contribution < -0.4 is 15.5 Å². The Morgan fingerprint density at radius 1 is 1.18 bits per heavy atom. The Kier molecular flexibility index (Phi) is 2.58. The molecule has 3 heterocycles. The third-order valence-corrected chi connectivity index (χ3v) is 4.91. The van der Waals surface area contributed by atoms with Crippen molar-refractivity contribution in [2.24, 2.45) is 5.41 Å². The predicted octanol–water partition coefficient (Wildman–Crippen LogP) is 0.703. The first-order chi connectivity index (χ1) is 10.5. The number of fused-ring (bicyclic) bond motifs is 4. The number of para-hydroxylation sites is 1. The van der Waals surface area contributed by atoms with Crippen molar-refractivity contribution < 1.29 is 18.8 Å². The Morgan fingerprint density at radius 3 is 2.64 bits per heavy atom. The van der Waals surface area contributed by atoms with Crippen molar-refractivity contribution in [3.63, 3.8) is 0 Å². The molecule has 22 heavy (non-hydrogen) atoms. The second-order valence-corrected chi connectivity index (χ2v) is 5.98. The highest BCUT2D eigenvalue weighted by Gasteiger charge is 2.60. The molecule has 3 aliphatic heterocycles. The van der Waals surface area contributed by atoms with Crippen molar-refractivity contribution in [1.29, 1.82) is 0 Å². The van der Waals surface area contributed by atoms with Crippen LogP contribution in [0.1, 0.15) is 18.4 Å². The van der Waals surface area contributed by atoms with Crippen molar-refractivity contribution >= 4 is 23.5 Å². The van der Waals surface area contributed by atoms with Gasteiger partial charge in [0.2, 0.25) is 11.8 Å². The van der Waals surface area contributed by atoms with Crippen LogP contribution in [0.2, 0.25) is 0 Å². The molecular formula is C15H14FN3O3. The molecule has 4 rings (SSSR count). The van der Waals surface area contributed by atoms with E-state index in [0.29, 0.717) is 24.2 Å². The Hall–Kier alpha value is -2.44. The number of halogens is 1. The molecule has 1 aromatic carbocycles. The van der Waals surface area contributed by atoms with Crippen LogP contribution in [0, 0.1) is 11.2 Å². The van der Waals surface area contributed by atoms with E-state index in [9.17, 15) is 18.8 Å². The zero-order chi connectivity index (χ0) is 15.5. The van der Waals surface area contributed by atoms with E-state index in [4.69, 9.17) is 0 Å². The van der Waals surface area contributed by atoms with Crippen LogP contribution in [-0.2, 0) is 16.0 Å². The van der Waals surface area contributed by atoms with Crippen LogP contribution in [0.5, 0.6) is 0 Å². The Morgan fingerprint density at radius 2 is 1.91 bits per heavy atom. The van der Waals surface area contributed by atoms with Crippen LogP contribution >= 0.6 is 0 Å². The average molecular weight is 303 g/mol. The van der Waals surface area contributed by atoms with Gasteiger partial charge in [0.1, 0.15) is 5.82 Å². The fraction of sp³-hybridized carbons (Fsp3) is 0.400. The van der Waals surface area contributed by atoms with Crippen molar-refractivity contribution in [2.75, 3.05) is 11.4 Å². The summed E-state index contributed by atoms with van der Waals surface area (Å²) in [5.74, 6) is -1.52. The number of hydrogen-bond acceptors (Lipinski definition) is 4. The molecule has 0 saturated carbocycles. The number of benzene rings is 1. The minimum atomic E-state index is -1.37. The lowest BCUT2D eigenvalue weighted by Crippen LogP contribution is -2.70. The molecule has 7 heteroatoms. The Balaban J connectivity index is 1.90. The van der Waals surface area contributed by atoms with Crippen LogP contribution in [0.15, 0.2) is 18.2 Å². The standard InChI is InChI=1S/C15H14FN3O3/c16-9-4-1-3-8-7-15(10-5-2-6-19(10)11(8)9)12(20)17-14(22)18-13(15)21/h1,3-4,10H,2,5-7H2,(H2,17,18,20,21,22). The number of barbiturate groups is 1. The van der Waals surface area contributed by atoms with Crippen LogP contribution in [0.25, 0.3) is 0 Å². The predicted molar refractivity (Wildman–Crippen MR) is 74.6 cm³/mol. The van der Waals surface area contributed by atoms with Crippen molar-refractivity contribution in [1.82, 2.24) is 10.6 Å². The van der Waals surface area contributed by atoms with Gasteiger partial charge in [0.15, 0.2) is 5.41 Å². The molecular weight excluding hydrogens is 289 g/mol. The molecule has 114 valence electrons. The maximum atomic E-state index is 14.2. The summed E-state index contributed by atoms with van der Waals surface area (Å²) in [6.07, 6.45) is 1.49. The second kappa shape index (κ2) is 4.28. The number of hydrogen-bond donors (Lipinski definition) is 2. The van der Waals surface area contributed by atoms with Crippen LogP contribution in [0.3, 0.4) is 0 Å². The fourth-order valence-corrected chi connectivity index (χ4v) is 4.02. The average Bonchev–Trinajstić information content (AvgIpc) is 2.94. The van der Waals surface area contributed by atoms with E-state index in [1.165, 1.54) is 6.07 Å². The number of amides is 4. The first-order valence-electron chi connectivity index (χ1n) is 7.25. The lowest BCUT2D eigenvalue weighted by atomic mass is 9.69. The summed E-state index contributed by atoms with van der Waals surface area (Å²) < 4.78 is 14.2. The van der Waals surface area contributed by atoms with E-state index in [-0.39, 0.29) is 12.2 Å². The van der Waals surface area contributed by atoms with Gasteiger partial charge in [-0.25, -0.2) is 9.18 Å². The minimum absolute atomic E-state index is 0.103. The van der Waals surface area contributed by atoms with Gasteiger partial charge in [-0.3, -0.25) is 20.2 Å². The van der Waals surface area contributed by atoms with E-state index < -0.39 is 29.3 Å². The van der Waals surface area contributed by atoms with Crippen LogP contribution in [-0.4, -0.2) is 30.4 Å². The number of nitrogens with zero attached hydrogens (tertiary/aromatic N) is 1. The number of imide groups is 2. The van der Waals surface area contributed by atoms with E-state index >= 15 is 0 Å². The molecule has 0 aromatic heterocycles. The fourth-order valence-electron chi connectivity index (χ4n) is 4.02. The summed E-state index contributed by atoms with van der Waals surface area (Å²) in [4.78, 5) is 38.2. The Bertz CT molecular complexity index is 698. The molecule has 6 nitrogen and oxygen atoms in total. The molecule has 4 amide bonds. The van der Waals surface area contributed by atoms with Crippen molar-refractivity contribution in [3.8, 4) is 0 Å². The maximum absolute atomic E-state index is 14.2. The SMILES string of the molecule is O=C1NC(=O)C2(Cc3cccc(F)c3N3CCCC32)C(=O)N1. The number of carbonyl (C=O) groups is 3. The van der Waals surface area contributed by atoms with Gasteiger partial charge in [-0.15, -0.1) is 0 Å². The molecule has 1 atom stereocenters. The van der Waals surface area contributed by atoms with Gasteiger partial charge in [0, 0.05) is 6.54 Å². The number of carbonyl (C=O) groups excluding carboxylic acids is 3. The third kappa shape index (κ3) is 1.51. The summed E-state index contributed by atoms with van der Waals surface area (Å²) in [6.45, 7) is 0.592. The molecule has 0 aliphatic carbocycles. The number of urea groups is 1. The molecule has 2 fully saturated rings. The summed E-state index contributed by atoms with van der Waals surface area (Å²) in [7, 11) is 0. The summed E-state index contributed by atoms with van der Waals surface area (Å²) in [5, 5.41) is 4.40. The smallest absolute Gasteiger partial charge is 0.328 e. The normalized spacial score (nSPS) is 25.6. The summed E-state index contributed by atoms with van der Waals surface area (Å²) >= 11 is 0. The lowest BCUT2D eigenvalue weighted by Gasteiger charge is -2.47. The van der Waals surface area contributed by atoms with Gasteiger partial charge >= 0.3 is 6.03 Å². The highest BCUT2D eigenvalue weighted by Crippen LogP contribution is 2.47. The molecule has 1 spiro atoms. The molecule has 1 unspecified atom stereocenters.